The van der Waals surface area contributed by atoms with E-state index in [0.29, 0.717) is 0 Å². The third-order valence-corrected chi connectivity index (χ3v) is 3.65. The molecule has 2 aromatic carbocycles. The molecular formula is C18H20O2. The van der Waals surface area contributed by atoms with Crippen LogP contribution in [-0.2, 0) is 11.2 Å². The van der Waals surface area contributed by atoms with Crippen LogP contribution in [0.2, 0.25) is 0 Å². The average molecular weight is 268 g/mol. The van der Waals surface area contributed by atoms with Crippen LogP contribution >= 0.6 is 0 Å². The van der Waals surface area contributed by atoms with Gasteiger partial charge in [0.2, 0.25) is 0 Å². The molecule has 1 atom stereocenters. The Morgan fingerprint density at radius 3 is 1.95 bits per heavy atom. The second-order valence-corrected chi connectivity index (χ2v) is 5.16. The van der Waals surface area contributed by atoms with Crippen molar-refractivity contribution in [2.75, 3.05) is 0 Å². The minimum Gasteiger partial charge on any atom is -0.481 e. The van der Waals surface area contributed by atoms with Crippen molar-refractivity contribution in [2.24, 2.45) is 0 Å². The van der Waals surface area contributed by atoms with Crippen LogP contribution in [-0.4, -0.2) is 11.1 Å². The average Bonchev–Trinajstić information content (AvgIpc) is 2.46. The molecule has 1 N–H and O–H groups in total. The number of hydrogen-bond acceptors (Lipinski definition) is 1. The highest BCUT2D eigenvalue weighted by molar-refractivity contribution is 5.69. The lowest BCUT2D eigenvalue weighted by molar-refractivity contribution is -0.137. The van der Waals surface area contributed by atoms with E-state index in [0.717, 1.165) is 17.5 Å². The van der Waals surface area contributed by atoms with Crippen LogP contribution in [0.1, 0.15) is 41.5 Å². The highest BCUT2D eigenvalue weighted by Crippen LogP contribution is 2.28. The summed E-state index contributed by atoms with van der Waals surface area (Å²) >= 11 is 0. The van der Waals surface area contributed by atoms with E-state index in [9.17, 15) is 4.79 Å². The number of carboxylic acid groups (broad SMARTS) is 1. The number of aliphatic carboxylic acids is 1. The highest BCUT2D eigenvalue weighted by Gasteiger charge is 2.17. The monoisotopic (exact) mass is 268 g/mol. The van der Waals surface area contributed by atoms with Crippen LogP contribution in [0.15, 0.2) is 48.5 Å². The molecule has 20 heavy (non-hydrogen) atoms. The van der Waals surface area contributed by atoms with Crippen molar-refractivity contribution in [3.8, 4) is 0 Å². The van der Waals surface area contributed by atoms with Crippen LogP contribution in [0.25, 0.3) is 0 Å². The zero-order valence-electron chi connectivity index (χ0n) is 12.0. The molecule has 2 heteroatoms. The maximum Gasteiger partial charge on any atom is 0.304 e. The van der Waals surface area contributed by atoms with Crippen molar-refractivity contribution in [2.45, 2.75) is 32.6 Å². The number of aryl methyl sites for hydroxylation is 2. The first-order valence-electron chi connectivity index (χ1n) is 6.97. The Labute approximate surface area is 120 Å². The molecule has 2 nitrogen and oxygen atoms in total. The van der Waals surface area contributed by atoms with Crippen LogP contribution < -0.4 is 0 Å². The number of carboxylic acids is 1. The van der Waals surface area contributed by atoms with Crippen molar-refractivity contribution in [3.63, 3.8) is 0 Å². The van der Waals surface area contributed by atoms with Crippen molar-refractivity contribution in [1.29, 1.82) is 0 Å². The molecule has 0 aliphatic rings. The quantitative estimate of drug-likeness (QED) is 0.884. The van der Waals surface area contributed by atoms with Gasteiger partial charge in [0.1, 0.15) is 0 Å². The van der Waals surface area contributed by atoms with Crippen LogP contribution in [0.4, 0.5) is 0 Å². The summed E-state index contributed by atoms with van der Waals surface area (Å²) in [5.41, 5.74) is 4.58. The van der Waals surface area contributed by atoms with Gasteiger partial charge in [-0.1, -0.05) is 61.0 Å². The minimum atomic E-state index is -0.768. The molecule has 1 unspecified atom stereocenters. The summed E-state index contributed by atoms with van der Waals surface area (Å²) < 4.78 is 0. The number of rotatable bonds is 5. The zero-order chi connectivity index (χ0) is 14.5. The van der Waals surface area contributed by atoms with E-state index in [1.54, 1.807) is 0 Å². The molecule has 0 heterocycles. The maximum atomic E-state index is 11.1. The third-order valence-electron chi connectivity index (χ3n) is 3.65. The highest BCUT2D eigenvalue weighted by atomic mass is 16.4. The fraction of sp³-hybridized carbons (Fsp3) is 0.278. The van der Waals surface area contributed by atoms with Gasteiger partial charge in [-0.3, -0.25) is 4.79 Å². The molecule has 0 spiro atoms. The lowest BCUT2D eigenvalue weighted by atomic mass is 9.87. The lowest BCUT2D eigenvalue weighted by Crippen LogP contribution is -2.08. The summed E-state index contributed by atoms with van der Waals surface area (Å²) in [6.45, 7) is 4.15. The van der Waals surface area contributed by atoms with Crippen LogP contribution in [0, 0.1) is 6.92 Å². The fourth-order valence-corrected chi connectivity index (χ4v) is 2.39. The Kier molecular flexibility index (Phi) is 4.57. The van der Waals surface area contributed by atoms with Gasteiger partial charge >= 0.3 is 5.97 Å². The van der Waals surface area contributed by atoms with Gasteiger partial charge in [0.25, 0.3) is 0 Å². The summed E-state index contributed by atoms with van der Waals surface area (Å²) in [5, 5.41) is 9.16. The van der Waals surface area contributed by atoms with Gasteiger partial charge in [-0.05, 0) is 30.0 Å². The summed E-state index contributed by atoms with van der Waals surface area (Å²) in [7, 11) is 0. The van der Waals surface area contributed by atoms with E-state index in [2.05, 4.69) is 19.1 Å². The molecule has 0 saturated heterocycles. The van der Waals surface area contributed by atoms with E-state index < -0.39 is 5.97 Å². The molecule has 104 valence electrons. The zero-order valence-corrected chi connectivity index (χ0v) is 12.0. The van der Waals surface area contributed by atoms with Gasteiger partial charge in [0, 0.05) is 5.92 Å². The molecule has 0 bridgehead atoms. The Balaban J connectivity index is 2.35. The predicted octanol–water partition coefficient (Wildman–Crippen LogP) is 4.16. The summed E-state index contributed by atoms with van der Waals surface area (Å²) in [5.74, 6) is -0.853. The first kappa shape index (κ1) is 14.3. The maximum absolute atomic E-state index is 11.1. The van der Waals surface area contributed by atoms with Gasteiger partial charge in [-0.15, -0.1) is 0 Å². The van der Waals surface area contributed by atoms with E-state index in [1.165, 1.54) is 11.1 Å². The smallest absolute Gasteiger partial charge is 0.304 e. The second-order valence-electron chi connectivity index (χ2n) is 5.16. The summed E-state index contributed by atoms with van der Waals surface area (Å²) in [4.78, 5) is 11.1. The molecule has 0 saturated carbocycles. The van der Waals surface area contributed by atoms with Crippen molar-refractivity contribution in [1.82, 2.24) is 0 Å². The number of hydrogen-bond donors (Lipinski definition) is 1. The number of carbonyl (C=O) groups is 1. The standard InChI is InChI=1S/C18H20O2/c1-3-14-6-10-16(11-7-14)17(12-18(19)20)15-8-4-13(2)5-9-15/h4-11,17H,3,12H2,1-2H3,(H,19,20). The summed E-state index contributed by atoms with van der Waals surface area (Å²) in [6, 6.07) is 16.4. The van der Waals surface area contributed by atoms with E-state index in [-0.39, 0.29) is 12.3 Å². The third kappa shape index (κ3) is 3.47. The van der Waals surface area contributed by atoms with E-state index in [4.69, 9.17) is 5.11 Å². The topological polar surface area (TPSA) is 37.3 Å². The largest absolute Gasteiger partial charge is 0.481 e. The van der Waals surface area contributed by atoms with Gasteiger partial charge in [0.15, 0.2) is 0 Å². The Bertz CT molecular complexity index is 567. The van der Waals surface area contributed by atoms with Crippen molar-refractivity contribution >= 4 is 5.97 Å². The van der Waals surface area contributed by atoms with E-state index >= 15 is 0 Å². The lowest BCUT2D eigenvalue weighted by Gasteiger charge is -2.16. The van der Waals surface area contributed by atoms with Gasteiger partial charge in [-0.25, -0.2) is 0 Å². The van der Waals surface area contributed by atoms with Gasteiger partial charge < -0.3 is 5.11 Å². The van der Waals surface area contributed by atoms with Crippen LogP contribution in [0.5, 0.6) is 0 Å². The molecule has 0 aliphatic heterocycles. The molecule has 2 rings (SSSR count). The Hall–Kier alpha value is -2.09. The molecular weight excluding hydrogens is 248 g/mol. The van der Waals surface area contributed by atoms with Crippen LogP contribution in [0.3, 0.4) is 0 Å². The first-order chi connectivity index (χ1) is 9.60. The molecule has 0 fully saturated rings. The minimum absolute atomic E-state index is 0.0843. The molecule has 0 aromatic heterocycles. The summed E-state index contributed by atoms with van der Waals surface area (Å²) in [6.07, 6.45) is 1.11. The van der Waals surface area contributed by atoms with E-state index in [1.807, 2.05) is 43.3 Å². The van der Waals surface area contributed by atoms with Crippen molar-refractivity contribution < 1.29 is 9.90 Å². The van der Waals surface area contributed by atoms with Gasteiger partial charge in [-0.2, -0.15) is 0 Å². The Morgan fingerprint density at radius 1 is 1.00 bits per heavy atom. The molecule has 2 aromatic rings. The molecule has 0 amide bonds. The normalized spacial score (nSPS) is 12.1. The fourth-order valence-electron chi connectivity index (χ4n) is 2.39. The van der Waals surface area contributed by atoms with Gasteiger partial charge in [0.05, 0.1) is 6.42 Å². The number of benzene rings is 2. The second kappa shape index (κ2) is 6.38. The molecule has 0 aliphatic carbocycles. The molecule has 0 radical (unpaired) electrons. The van der Waals surface area contributed by atoms with Crippen molar-refractivity contribution in [3.05, 3.63) is 70.8 Å². The predicted molar refractivity (Wildman–Crippen MR) is 81.1 cm³/mol. The SMILES string of the molecule is CCc1ccc(C(CC(=O)O)c2ccc(C)cc2)cc1. The first-order valence-corrected chi connectivity index (χ1v) is 6.97. The Morgan fingerprint density at radius 2 is 1.50 bits per heavy atom.